The van der Waals surface area contributed by atoms with E-state index in [-0.39, 0.29) is 5.56 Å². The Morgan fingerprint density at radius 1 is 1.05 bits per heavy atom. The van der Waals surface area contributed by atoms with E-state index in [1.54, 1.807) is 6.07 Å². The Labute approximate surface area is 129 Å². The molecule has 0 aliphatic heterocycles. The highest BCUT2D eigenvalue weighted by molar-refractivity contribution is 9.10. The van der Waals surface area contributed by atoms with Crippen molar-refractivity contribution in [2.75, 3.05) is 0 Å². The molecule has 0 saturated heterocycles. The van der Waals surface area contributed by atoms with Crippen molar-refractivity contribution >= 4 is 15.9 Å². The molecular weight excluding hydrogens is 345 g/mol. The quantitative estimate of drug-likeness (QED) is 0.785. The van der Waals surface area contributed by atoms with Crippen LogP contribution in [0, 0.1) is 13.8 Å². The number of hydrogen-bond acceptors (Lipinski definition) is 1. The van der Waals surface area contributed by atoms with Crippen molar-refractivity contribution in [2.24, 2.45) is 0 Å². The van der Waals surface area contributed by atoms with Gasteiger partial charge in [-0.2, -0.15) is 13.2 Å². The van der Waals surface area contributed by atoms with Gasteiger partial charge in [0.05, 0.1) is 5.56 Å². The molecule has 1 atom stereocenters. The van der Waals surface area contributed by atoms with E-state index in [9.17, 15) is 18.3 Å². The van der Waals surface area contributed by atoms with Crippen molar-refractivity contribution in [3.05, 3.63) is 68.7 Å². The van der Waals surface area contributed by atoms with Crippen molar-refractivity contribution in [2.45, 2.75) is 26.1 Å². The lowest BCUT2D eigenvalue weighted by atomic mass is 9.95. The first kappa shape index (κ1) is 16.0. The van der Waals surface area contributed by atoms with Gasteiger partial charge in [-0.05, 0) is 54.3 Å². The Bertz CT molecular complexity index is 665. The van der Waals surface area contributed by atoms with E-state index < -0.39 is 17.8 Å². The van der Waals surface area contributed by atoms with Crippen LogP contribution in [0.15, 0.2) is 40.9 Å². The van der Waals surface area contributed by atoms with E-state index in [0.29, 0.717) is 5.56 Å². The Balaban J connectivity index is 2.45. The molecule has 5 heteroatoms. The maximum atomic E-state index is 12.7. The Hall–Kier alpha value is -1.33. The molecule has 0 amide bonds. The van der Waals surface area contributed by atoms with Crippen molar-refractivity contribution in [3.63, 3.8) is 0 Å². The van der Waals surface area contributed by atoms with Crippen LogP contribution < -0.4 is 0 Å². The highest BCUT2D eigenvalue weighted by Crippen LogP contribution is 2.33. The predicted molar refractivity (Wildman–Crippen MR) is 79.1 cm³/mol. The van der Waals surface area contributed by atoms with Gasteiger partial charge in [0.2, 0.25) is 0 Å². The van der Waals surface area contributed by atoms with E-state index in [1.165, 1.54) is 12.1 Å². The van der Waals surface area contributed by atoms with Crippen LogP contribution in [-0.2, 0) is 6.18 Å². The van der Waals surface area contributed by atoms with E-state index in [1.807, 2.05) is 19.9 Å². The molecule has 112 valence electrons. The number of aliphatic hydroxyl groups is 1. The Kier molecular flexibility index (Phi) is 4.44. The number of benzene rings is 2. The zero-order valence-electron chi connectivity index (χ0n) is 11.5. The summed E-state index contributed by atoms with van der Waals surface area (Å²) in [6.45, 7) is 3.68. The van der Waals surface area contributed by atoms with Crippen LogP contribution in [0.4, 0.5) is 13.2 Å². The van der Waals surface area contributed by atoms with Crippen molar-refractivity contribution < 1.29 is 18.3 Å². The molecule has 0 radical (unpaired) electrons. The minimum Gasteiger partial charge on any atom is -0.384 e. The lowest BCUT2D eigenvalue weighted by Gasteiger charge is -2.17. The van der Waals surface area contributed by atoms with Crippen molar-refractivity contribution in [1.82, 2.24) is 0 Å². The molecule has 2 rings (SSSR count). The van der Waals surface area contributed by atoms with Crippen LogP contribution in [0.3, 0.4) is 0 Å². The molecule has 1 nitrogen and oxygen atoms in total. The lowest BCUT2D eigenvalue weighted by molar-refractivity contribution is -0.137. The zero-order chi connectivity index (χ0) is 15.8. The molecule has 0 aliphatic rings. The smallest absolute Gasteiger partial charge is 0.384 e. The summed E-state index contributed by atoms with van der Waals surface area (Å²) in [5.41, 5.74) is 1.81. The van der Waals surface area contributed by atoms with Crippen LogP contribution in [0.25, 0.3) is 0 Å². The number of aliphatic hydroxyl groups excluding tert-OH is 1. The fourth-order valence-electron chi connectivity index (χ4n) is 2.16. The molecule has 0 aliphatic carbocycles. The van der Waals surface area contributed by atoms with Gasteiger partial charge in [-0.25, -0.2) is 0 Å². The van der Waals surface area contributed by atoms with E-state index >= 15 is 0 Å². The summed E-state index contributed by atoms with van der Waals surface area (Å²) in [7, 11) is 0. The highest BCUT2D eigenvalue weighted by atomic mass is 79.9. The van der Waals surface area contributed by atoms with E-state index in [4.69, 9.17) is 0 Å². The van der Waals surface area contributed by atoms with Gasteiger partial charge in [0.1, 0.15) is 6.10 Å². The lowest BCUT2D eigenvalue weighted by Crippen LogP contribution is -2.08. The van der Waals surface area contributed by atoms with Crippen LogP contribution >= 0.6 is 15.9 Å². The zero-order valence-corrected chi connectivity index (χ0v) is 13.1. The second-order valence-electron chi connectivity index (χ2n) is 4.98. The first-order chi connectivity index (χ1) is 9.70. The summed E-state index contributed by atoms with van der Waals surface area (Å²) < 4.78 is 39.1. The number of halogens is 4. The topological polar surface area (TPSA) is 20.2 Å². The molecule has 0 fully saturated rings. The normalized spacial score (nSPS) is 13.3. The van der Waals surface area contributed by atoms with E-state index in [0.717, 1.165) is 27.7 Å². The fraction of sp³-hybridized carbons (Fsp3) is 0.250. The summed E-state index contributed by atoms with van der Waals surface area (Å²) in [5, 5.41) is 10.4. The minimum atomic E-state index is -4.42. The fourth-order valence-corrected chi connectivity index (χ4v) is 2.62. The maximum absolute atomic E-state index is 12.7. The summed E-state index contributed by atoms with van der Waals surface area (Å²) in [6.07, 6.45) is -5.50. The third kappa shape index (κ3) is 3.47. The summed E-state index contributed by atoms with van der Waals surface area (Å²) >= 11 is 3.39. The summed E-state index contributed by atoms with van der Waals surface area (Å²) in [5.74, 6) is 0. The van der Waals surface area contributed by atoms with E-state index in [2.05, 4.69) is 15.9 Å². The maximum Gasteiger partial charge on any atom is 0.416 e. The average Bonchev–Trinajstić information content (AvgIpc) is 2.41. The molecule has 2 aromatic carbocycles. The molecule has 1 unspecified atom stereocenters. The molecule has 0 saturated carbocycles. The van der Waals surface area contributed by atoms with Gasteiger partial charge in [0.15, 0.2) is 0 Å². The Morgan fingerprint density at radius 3 is 2.33 bits per heavy atom. The molecule has 21 heavy (non-hydrogen) atoms. The molecular formula is C16H14BrF3O. The minimum absolute atomic E-state index is 0.231. The number of hydrogen-bond donors (Lipinski definition) is 1. The molecule has 1 N–H and O–H groups in total. The second kappa shape index (κ2) is 5.81. The van der Waals surface area contributed by atoms with Gasteiger partial charge in [-0.1, -0.05) is 34.1 Å². The second-order valence-corrected chi connectivity index (χ2v) is 5.84. The van der Waals surface area contributed by atoms with Crippen LogP contribution in [-0.4, -0.2) is 5.11 Å². The SMILES string of the molecule is Cc1cc(C(O)c2cccc(C(F)(F)F)c2)c(C)cc1Br. The third-order valence-corrected chi connectivity index (χ3v) is 4.23. The Morgan fingerprint density at radius 2 is 1.71 bits per heavy atom. The van der Waals surface area contributed by atoms with Gasteiger partial charge in [0, 0.05) is 4.47 Å². The number of alkyl halides is 3. The monoisotopic (exact) mass is 358 g/mol. The molecule has 0 bridgehead atoms. The molecule has 2 aromatic rings. The van der Waals surface area contributed by atoms with Gasteiger partial charge < -0.3 is 5.11 Å². The van der Waals surface area contributed by atoms with Gasteiger partial charge in [-0.15, -0.1) is 0 Å². The van der Waals surface area contributed by atoms with Crippen molar-refractivity contribution in [3.8, 4) is 0 Å². The van der Waals surface area contributed by atoms with Crippen molar-refractivity contribution in [1.29, 1.82) is 0 Å². The summed E-state index contributed by atoms with van der Waals surface area (Å²) in [6, 6.07) is 8.42. The van der Waals surface area contributed by atoms with Crippen LogP contribution in [0.2, 0.25) is 0 Å². The van der Waals surface area contributed by atoms with Crippen LogP contribution in [0.1, 0.15) is 33.9 Å². The van der Waals surface area contributed by atoms with Gasteiger partial charge in [-0.3, -0.25) is 0 Å². The van der Waals surface area contributed by atoms with Crippen LogP contribution in [0.5, 0.6) is 0 Å². The number of rotatable bonds is 2. The van der Waals surface area contributed by atoms with Gasteiger partial charge in [0.25, 0.3) is 0 Å². The number of aryl methyl sites for hydroxylation is 2. The first-order valence-electron chi connectivity index (χ1n) is 6.32. The van der Waals surface area contributed by atoms with Gasteiger partial charge >= 0.3 is 6.18 Å². The first-order valence-corrected chi connectivity index (χ1v) is 7.11. The molecule has 0 heterocycles. The predicted octanol–water partition coefficient (Wildman–Crippen LogP) is 5.17. The third-order valence-electron chi connectivity index (χ3n) is 3.37. The molecule has 0 aromatic heterocycles. The molecule has 0 spiro atoms. The highest BCUT2D eigenvalue weighted by Gasteiger charge is 2.31. The summed E-state index contributed by atoms with van der Waals surface area (Å²) in [4.78, 5) is 0. The largest absolute Gasteiger partial charge is 0.416 e. The standard InChI is InChI=1S/C16H14BrF3O/c1-9-7-14(17)10(2)6-13(9)15(21)11-4-3-5-12(8-11)16(18,19)20/h3-8,15,21H,1-2H3. The average molecular weight is 359 g/mol.